The summed E-state index contributed by atoms with van der Waals surface area (Å²) in [7, 11) is 0. The van der Waals surface area contributed by atoms with Crippen LogP contribution in [0.1, 0.15) is 174 Å². The van der Waals surface area contributed by atoms with E-state index in [1.54, 1.807) is 0 Å². The number of imide groups is 1. The van der Waals surface area contributed by atoms with Gasteiger partial charge in [0.2, 0.25) is 11.8 Å². The van der Waals surface area contributed by atoms with E-state index in [1.165, 1.54) is 64.2 Å². The van der Waals surface area contributed by atoms with Crippen LogP contribution >= 0.6 is 0 Å². The molecule has 6 heteroatoms. The molecule has 0 radical (unpaired) electrons. The van der Waals surface area contributed by atoms with Crippen LogP contribution in [0.2, 0.25) is 0 Å². The molecular weight excluding hydrogens is 524 g/mol. The maximum atomic E-state index is 11.9. The summed E-state index contributed by atoms with van der Waals surface area (Å²) < 4.78 is 0. The van der Waals surface area contributed by atoms with Crippen LogP contribution in [-0.4, -0.2) is 29.9 Å². The Labute approximate surface area is 257 Å². The van der Waals surface area contributed by atoms with Gasteiger partial charge in [-0.1, -0.05) is 109 Å². The van der Waals surface area contributed by atoms with E-state index in [-0.39, 0.29) is 43.2 Å². The van der Waals surface area contributed by atoms with E-state index in [4.69, 9.17) is 5.73 Å². The second-order valence-electron chi connectivity index (χ2n) is 11.5. The van der Waals surface area contributed by atoms with Crippen molar-refractivity contribution in [1.29, 1.82) is 0 Å². The minimum absolute atomic E-state index is 0.0316. The minimum atomic E-state index is -0.579. The lowest BCUT2D eigenvalue weighted by Crippen LogP contribution is -2.31. The largest absolute Gasteiger partial charge is 0.330 e. The molecule has 0 unspecified atom stereocenters. The molecule has 0 saturated heterocycles. The monoisotopic (exact) mass is 584 g/mol. The summed E-state index contributed by atoms with van der Waals surface area (Å²) in [5.74, 6) is 11.1. The number of hydrogen-bond donors (Lipinski definition) is 2. The molecule has 0 aromatic carbocycles. The van der Waals surface area contributed by atoms with Gasteiger partial charge in [-0.25, -0.2) is 0 Å². The number of hydrogen-bond acceptors (Lipinski definition) is 5. The maximum Gasteiger partial charge on any atom is 0.233 e. The number of amides is 2. The first-order valence-corrected chi connectivity index (χ1v) is 17.0. The molecule has 42 heavy (non-hydrogen) atoms. The number of unbranched alkanes of at least 4 members (excludes halogenated alkanes) is 18. The van der Waals surface area contributed by atoms with E-state index in [0.29, 0.717) is 13.0 Å². The van der Waals surface area contributed by atoms with Crippen molar-refractivity contribution >= 4 is 23.4 Å². The predicted molar refractivity (Wildman–Crippen MR) is 173 cm³/mol. The van der Waals surface area contributed by atoms with Crippen molar-refractivity contribution in [2.24, 2.45) is 5.73 Å². The highest BCUT2D eigenvalue weighted by Crippen LogP contribution is 2.11. The minimum Gasteiger partial charge on any atom is -0.330 e. The maximum absolute atomic E-state index is 11.9. The summed E-state index contributed by atoms with van der Waals surface area (Å²) in [6.07, 6.45) is 24.4. The molecule has 0 heterocycles. The molecule has 0 aliphatic rings. The van der Waals surface area contributed by atoms with Crippen LogP contribution in [-0.2, 0) is 19.2 Å². The molecule has 0 fully saturated rings. The first kappa shape index (κ1) is 39.6. The van der Waals surface area contributed by atoms with Crippen LogP contribution in [0.3, 0.4) is 0 Å². The van der Waals surface area contributed by atoms with Gasteiger partial charge in [-0.3, -0.25) is 24.5 Å². The Hall–Kier alpha value is -2.44. The molecule has 0 aromatic rings. The Morgan fingerprint density at radius 1 is 0.500 bits per heavy atom. The van der Waals surface area contributed by atoms with Crippen LogP contribution in [0.4, 0.5) is 0 Å². The second kappa shape index (κ2) is 31.5. The van der Waals surface area contributed by atoms with Crippen LogP contribution in [0, 0.1) is 23.7 Å². The van der Waals surface area contributed by atoms with Crippen LogP contribution < -0.4 is 11.1 Å². The molecule has 3 N–H and O–H groups in total. The number of carbonyl (C=O) groups is 4. The van der Waals surface area contributed by atoms with E-state index in [2.05, 4.69) is 35.9 Å². The SMILES string of the molecule is CCCCCCCCCCCCC#CC#CCCCCCCCCC(=O)NC(=O)CC(=O)CCC(=O)CCCCCN. The second-order valence-corrected chi connectivity index (χ2v) is 11.5. The Kier molecular flexibility index (Phi) is 29.7. The quantitative estimate of drug-likeness (QED) is 0.0552. The molecule has 238 valence electrons. The van der Waals surface area contributed by atoms with E-state index in [1.807, 2.05) is 0 Å². The number of carbonyl (C=O) groups excluding carboxylic acids is 4. The van der Waals surface area contributed by atoms with Gasteiger partial charge in [0.25, 0.3) is 0 Å². The highest BCUT2D eigenvalue weighted by atomic mass is 16.2. The number of Topliss-reactive ketones (excluding diaryl/α,β-unsaturated/α-hetero) is 2. The highest BCUT2D eigenvalue weighted by Gasteiger charge is 2.14. The van der Waals surface area contributed by atoms with Gasteiger partial charge in [0.1, 0.15) is 11.6 Å². The molecule has 0 aromatic heterocycles. The lowest BCUT2D eigenvalue weighted by atomic mass is 10.0. The van der Waals surface area contributed by atoms with Gasteiger partial charge >= 0.3 is 0 Å². The fourth-order valence-electron chi connectivity index (χ4n) is 4.70. The summed E-state index contributed by atoms with van der Waals surface area (Å²) in [5, 5.41) is 2.29. The third-order valence-electron chi connectivity index (χ3n) is 7.33. The molecule has 6 nitrogen and oxygen atoms in total. The zero-order valence-corrected chi connectivity index (χ0v) is 26.8. The normalized spacial score (nSPS) is 10.3. The van der Waals surface area contributed by atoms with Gasteiger partial charge in [0.05, 0.1) is 6.42 Å². The molecule has 0 atom stereocenters. The summed E-state index contributed by atoms with van der Waals surface area (Å²) in [6, 6.07) is 0. The summed E-state index contributed by atoms with van der Waals surface area (Å²) in [6.45, 7) is 2.88. The average Bonchev–Trinajstić information content (AvgIpc) is 2.96. The van der Waals surface area contributed by atoms with Crippen molar-refractivity contribution in [3.8, 4) is 23.7 Å². The number of nitrogens with one attached hydrogen (secondary N) is 1. The summed E-state index contributed by atoms with van der Waals surface area (Å²) in [5.41, 5.74) is 5.42. The van der Waals surface area contributed by atoms with Crippen molar-refractivity contribution in [3.05, 3.63) is 0 Å². The Morgan fingerprint density at radius 2 is 0.952 bits per heavy atom. The lowest BCUT2D eigenvalue weighted by molar-refractivity contribution is -0.133. The molecule has 0 aliphatic carbocycles. The first-order valence-electron chi connectivity index (χ1n) is 17.0. The number of rotatable bonds is 28. The molecule has 0 bridgehead atoms. The Balaban J connectivity index is 3.57. The molecular formula is C36H60N2O4. The standard InChI is InChI=1S/C36H60N2O4/c1-2-3-4-5-6-7-8-9-10-11-12-13-14-15-16-17-18-19-20-21-22-25-28-35(41)38-36(42)32-34(40)30-29-33(39)27-24-23-26-31-37/h2-12,17-32,37H2,1H3,(H,38,41,42). The lowest BCUT2D eigenvalue weighted by Gasteiger charge is -2.04. The van der Waals surface area contributed by atoms with E-state index in [0.717, 1.165) is 70.6 Å². The molecule has 2 amide bonds. The number of nitrogens with two attached hydrogens (primary N) is 1. The van der Waals surface area contributed by atoms with E-state index < -0.39 is 5.91 Å². The summed E-state index contributed by atoms with van der Waals surface area (Å²) >= 11 is 0. The van der Waals surface area contributed by atoms with Gasteiger partial charge < -0.3 is 5.73 Å². The fraction of sp³-hybridized carbons (Fsp3) is 0.778. The molecule has 0 rings (SSSR count). The van der Waals surface area contributed by atoms with Crippen molar-refractivity contribution in [2.45, 2.75) is 174 Å². The number of ketones is 2. The molecule has 0 aliphatic heterocycles. The van der Waals surface area contributed by atoms with Crippen molar-refractivity contribution in [3.63, 3.8) is 0 Å². The third kappa shape index (κ3) is 30.5. The Bertz CT molecular complexity index is 844. The fourth-order valence-corrected chi connectivity index (χ4v) is 4.70. The van der Waals surface area contributed by atoms with Gasteiger partial charge in [0.15, 0.2) is 0 Å². The van der Waals surface area contributed by atoms with Crippen molar-refractivity contribution < 1.29 is 19.2 Å². The van der Waals surface area contributed by atoms with Crippen LogP contribution in [0.5, 0.6) is 0 Å². The highest BCUT2D eigenvalue weighted by molar-refractivity contribution is 6.05. The molecule has 0 saturated carbocycles. The van der Waals surface area contributed by atoms with Gasteiger partial charge in [-0.15, -0.1) is 0 Å². The zero-order valence-electron chi connectivity index (χ0n) is 26.8. The van der Waals surface area contributed by atoms with Gasteiger partial charge in [-0.05, 0) is 50.5 Å². The van der Waals surface area contributed by atoms with E-state index >= 15 is 0 Å². The predicted octanol–water partition coefficient (Wildman–Crippen LogP) is 7.90. The van der Waals surface area contributed by atoms with Crippen LogP contribution in [0.25, 0.3) is 0 Å². The summed E-state index contributed by atoms with van der Waals surface area (Å²) in [4.78, 5) is 47.6. The first-order chi connectivity index (χ1) is 20.5. The zero-order chi connectivity index (χ0) is 30.9. The Morgan fingerprint density at radius 3 is 1.50 bits per heavy atom. The van der Waals surface area contributed by atoms with Crippen LogP contribution in [0.15, 0.2) is 0 Å². The van der Waals surface area contributed by atoms with Gasteiger partial charge in [-0.2, -0.15) is 0 Å². The third-order valence-corrected chi connectivity index (χ3v) is 7.33. The van der Waals surface area contributed by atoms with Crippen molar-refractivity contribution in [2.75, 3.05) is 6.54 Å². The molecule has 0 spiro atoms. The topological polar surface area (TPSA) is 106 Å². The van der Waals surface area contributed by atoms with E-state index in [9.17, 15) is 19.2 Å². The van der Waals surface area contributed by atoms with Crippen molar-refractivity contribution in [1.82, 2.24) is 5.32 Å². The average molecular weight is 585 g/mol. The smallest absolute Gasteiger partial charge is 0.233 e. The van der Waals surface area contributed by atoms with Gasteiger partial charge in [0, 0.05) is 38.5 Å².